The number of nitrogens with one attached hydrogen (secondary N) is 1. The maximum atomic E-state index is 11.3. The summed E-state index contributed by atoms with van der Waals surface area (Å²) >= 11 is 0. The minimum atomic E-state index is -0.499. The summed E-state index contributed by atoms with van der Waals surface area (Å²) in [6, 6.07) is 3.70. The van der Waals surface area contributed by atoms with Crippen LogP contribution >= 0.6 is 0 Å². The maximum absolute atomic E-state index is 11.3. The van der Waals surface area contributed by atoms with Gasteiger partial charge in [-0.25, -0.2) is 0 Å². The number of benzene rings is 1. The van der Waals surface area contributed by atoms with E-state index in [9.17, 15) is 4.79 Å². The Morgan fingerprint density at radius 3 is 2.45 bits per heavy atom. The molecule has 0 aromatic heterocycles. The highest BCUT2D eigenvalue weighted by Crippen LogP contribution is 2.40. The lowest BCUT2D eigenvalue weighted by molar-refractivity contribution is -0.113. The van der Waals surface area contributed by atoms with E-state index < -0.39 is 5.91 Å². The van der Waals surface area contributed by atoms with Gasteiger partial charge in [-0.15, -0.1) is 0 Å². The van der Waals surface area contributed by atoms with Gasteiger partial charge in [0.05, 0.1) is 19.9 Å². The van der Waals surface area contributed by atoms with Crippen LogP contribution in [0.25, 0.3) is 5.70 Å². The van der Waals surface area contributed by atoms with Gasteiger partial charge in [-0.1, -0.05) is 0 Å². The zero-order valence-electron chi connectivity index (χ0n) is 12.2. The number of primary amides is 1. The Hall–Kier alpha value is -2.17. The number of amides is 1. The van der Waals surface area contributed by atoms with Crippen molar-refractivity contribution >= 4 is 11.6 Å². The molecule has 0 unspecified atom stereocenters. The lowest BCUT2D eigenvalue weighted by Gasteiger charge is -2.36. The highest BCUT2D eigenvalue weighted by atomic mass is 16.5. The smallest absolute Gasteiger partial charge is 0.243 e. The molecule has 5 heteroatoms. The average Bonchev–Trinajstić information content (AvgIpc) is 2.35. The largest absolute Gasteiger partial charge is 0.496 e. The molecule has 1 aliphatic rings. The predicted molar refractivity (Wildman–Crippen MR) is 77.6 cm³/mol. The van der Waals surface area contributed by atoms with Crippen molar-refractivity contribution in [3.05, 3.63) is 29.3 Å². The normalized spacial score (nSPS) is 18.1. The molecule has 0 fully saturated rings. The van der Waals surface area contributed by atoms with Gasteiger partial charge < -0.3 is 20.5 Å². The number of methoxy groups -OCH3 is 2. The van der Waals surface area contributed by atoms with E-state index in [1.54, 1.807) is 14.2 Å². The monoisotopic (exact) mass is 276 g/mol. The molecule has 108 valence electrons. The van der Waals surface area contributed by atoms with Gasteiger partial charge in [-0.3, -0.25) is 4.79 Å². The lowest BCUT2D eigenvalue weighted by atomic mass is 9.84. The fraction of sp³-hybridized carbons (Fsp3) is 0.400. The molecule has 1 aromatic rings. The number of hydrogen-bond acceptors (Lipinski definition) is 4. The van der Waals surface area contributed by atoms with E-state index in [1.165, 1.54) is 6.08 Å². The predicted octanol–water partition coefficient (Wildman–Crippen LogP) is 1.45. The second kappa shape index (κ2) is 5.07. The average molecular weight is 276 g/mol. The fourth-order valence-corrected chi connectivity index (χ4v) is 2.60. The number of carbonyl (C=O) groups excluding carboxylic acids is 1. The van der Waals surface area contributed by atoms with Crippen molar-refractivity contribution in [2.45, 2.75) is 25.8 Å². The third kappa shape index (κ3) is 2.57. The molecule has 0 spiro atoms. The molecule has 5 nitrogen and oxygen atoms in total. The van der Waals surface area contributed by atoms with Crippen LogP contribution in [0.3, 0.4) is 0 Å². The Kier molecular flexibility index (Phi) is 3.61. The Balaban J connectivity index is 2.71. The van der Waals surface area contributed by atoms with Crippen LogP contribution < -0.4 is 20.5 Å². The summed E-state index contributed by atoms with van der Waals surface area (Å²) in [6.45, 7) is 4.12. The summed E-state index contributed by atoms with van der Waals surface area (Å²) < 4.78 is 10.8. The lowest BCUT2D eigenvalue weighted by Crippen LogP contribution is -2.44. The molecule has 1 aliphatic heterocycles. The summed E-state index contributed by atoms with van der Waals surface area (Å²) in [5.41, 5.74) is 7.62. The summed E-state index contributed by atoms with van der Waals surface area (Å²) in [5, 5.41) is 3.33. The van der Waals surface area contributed by atoms with Crippen molar-refractivity contribution in [3.8, 4) is 11.5 Å². The van der Waals surface area contributed by atoms with E-state index in [1.807, 2.05) is 12.1 Å². The van der Waals surface area contributed by atoms with E-state index in [0.29, 0.717) is 11.4 Å². The van der Waals surface area contributed by atoms with Crippen LogP contribution in [0.4, 0.5) is 0 Å². The third-order valence-electron chi connectivity index (χ3n) is 3.32. The second-order valence-corrected chi connectivity index (χ2v) is 5.47. The molecule has 0 bridgehead atoms. The van der Waals surface area contributed by atoms with Crippen molar-refractivity contribution in [1.29, 1.82) is 0 Å². The molecule has 3 N–H and O–H groups in total. The fourth-order valence-electron chi connectivity index (χ4n) is 2.60. The van der Waals surface area contributed by atoms with Gasteiger partial charge in [0, 0.05) is 22.7 Å². The first-order valence-electron chi connectivity index (χ1n) is 6.41. The van der Waals surface area contributed by atoms with Gasteiger partial charge in [0.2, 0.25) is 5.91 Å². The number of ether oxygens (including phenoxy) is 2. The molecular formula is C15H20N2O3. The van der Waals surface area contributed by atoms with Crippen LogP contribution in [-0.4, -0.2) is 25.7 Å². The number of rotatable bonds is 3. The molecule has 0 radical (unpaired) electrons. The second-order valence-electron chi connectivity index (χ2n) is 5.47. The SMILES string of the molecule is COc1ccc(OC)c2c1CC(C)(C)NC2=CC(N)=O. The van der Waals surface area contributed by atoms with Crippen LogP contribution in [0.2, 0.25) is 0 Å². The molecule has 2 rings (SSSR count). The molecule has 1 heterocycles. The molecule has 0 atom stereocenters. The quantitative estimate of drug-likeness (QED) is 0.820. The van der Waals surface area contributed by atoms with Crippen LogP contribution in [0.15, 0.2) is 18.2 Å². The minimum absolute atomic E-state index is 0.200. The first-order chi connectivity index (χ1) is 9.38. The number of nitrogens with two attached hydrogens (primary N) is 1. The van der Waals surface area contributed by atoms with E-state index in [-0.39, 0.29) is 5.54 Å². The van der Waals surface area contributed by atoms with Crippen LogP contribution in [0.1, 0.15) is 25.0 Å². The number of fused-ring (bicyclic) bond motifs is 1. The van der Waals surface area contributed by atoms with Crippen molar-refractivity contribution in [2.75, 3.05) is 14.2 Å². The minimum Gasteiger partial charge on any atom is -0.496 e. The number of hydrogen-bond donors (Lipinski definition) is 2. The standard InChI is InChI=1S/C15H20N2O3/c1-15(2)8-9-11(19-3)5-6-12(20-4)14(9)10(17-15)7-13(16)18/h5-7,17H,8H2,1-4H3,(H2,16,18). The number of carbonyl (C=O) groups is 1. The highest BCUT2D eigenvalue weighted by Gasteiger charge is 2.32. The zero-order chi connectivity index (χ0) is 14.9. The van der Waals surface area contributed by atoms with Gasteiger partial charge in [0.1, 0.15) is 11.5 Å². The van der Waals surface area contributed by atoms with Crippen LogP contribution in [-0.2, 0) is 11.2 Å². The molecule has 1 aromatic carbocycles. The molecular weight excluding hydrogens is 256 g/mol. The van der Waals surface area contributed by atoms with E-state index in [2.05, 4.69) is 19.2 Å². The Labute approximate surface area is 118 Å². The topological polar surface area (TPSA) is 73.6 Å². The van der Waals surface area contributed by atoms with Crippen molar-refractivity contribution in [3.63, 3.8) is 0 Å². The Bertz CT molecular complexity index is 577. The Morgan fingerprint density at radius 2 is 1.90 bits per heavy atom. The Morgan fingerprint density at radius 1 is 1.30 bits per heavy atom. The van der Waals surface area contributed by atoms with Crippen LogP contribution in [0.5, 0.6) is 11.5 Å². The van der Waals surface area contributed by atoms with Crippen LogP contribution in [0, 0.1) is 0 Å². The molecule has 0 saturated carbocycles. The van der Waals surface area contributed by atoms with E-state index in [4.69, 9.17) is 15.2 Å². The van der Waals surface area contributed by atoms with Gasteiger partial charge in [0.25, 0.3) is 0 Å². The summed E-state index contributed by atoms with van der Waals surface area (Å²) in [5.74, 6) is 0.975. The maximum Gasteiger partial charge on any atom is 0.243 e. The molecule has 20 heavy (non-hydrogen) atoms. The van der Waals surface area contributed by atoms with Gasteiger partial charge in [0.15, 0.2) is 0 Å². The molecule has 1 amide bonds. The summed E-state index contributed by atoms with van der Waals surface area (Å²) in [4.78, 5) is 11.3. The third-order valence-corrected chi connectivity index (χ3v) is 3.32. The highest BCUT2D eigenvalue weighted by molar-refractivity contribution is 5.95. The van der Waals surface area contributed by atoms with Crippen molar-refractivity contribution in [1.82, 2.24) is 5.32 Å². The van der Waals surface area contributed by atoms with Crippen molar-refractivity contribution in [2.24, 2.45) is 5.73 Å². The van der Waals surface area contributed by atoms with Gasteiger partial charge in [-0.2, -0.15) is 0 Å². The van der Waals surface area contributed by atoms with E-state index >= 15 is 0 Å². The first kappa shape index (κ1) is 14.2. The molecule has 0 aliphatic carbocycles. The van der Waals surface area contributed by atoms with Gasteiger partial charge in [-0.05, 0) is 32.4 Å². The van der Waals surface area contributed by atoms with Gasteiger partial charge >= 0.3 is 0 Å². The first-order valence-corrected chi connectivity index (χ1v) is 6.41. The van der Waals surface area contributed by atoms with E-state index in [0.717, 1.165) is 23.3 Å². The van der Waals surface area contributed by atoms with Crippen molar-refractivity contribution < 1.29 is 14.3 Å². The zero-order valence-corrected chi connectivity index (χ0v) is 12.2. The summed E-state index contributed by atoms with van der Waals surface area (Å²) in [6.07, 6.45) is 2.15. The summed E-state index contributed by atoms with van der Waals surface area (Å²) in [7, 11) is 3.23. The molecule has 0 saturated heterocycles.